The molecule has 0 saturated heterocycles. The quantitative estimate of drug-likeness (QED) is 0.500. The highest BCUT2D eigenvalue weighted by molar-refractivity contribution is 5.46. The number of benzene rings is 1. The van der Waals surface area contributed by atoms with Crippen LogP contribution in [0.3, 0.4) is 0 Å². The van der Waals surface area contributed by atoms with Crippen LogP contribution in [0.5, 0.6) is 0 Å². The highest BCUT2D eigenvalue weighted by atomic mass is 16.3. The van der Waals surface area contributed by atoms with Crippen molar-refractivity contribution in [3.63, 3.8) is 0 Å². The Balaban J connectivity index is 1.56. The SMILES string of the molecule is CN(C)CCCCCC1=C[C@H]2C[C@@H](O)[C@H]([C@H](O)c3ccc(N(C)C)cc3)[C@H]2C1. The molecule has 0 bridgehead atoms. The first-order chi connectivity index (χ1) is 13.4. The number of allylic oxidation sites excluding steroid dienone is 2. The molecule has 0 amide bonds. The summed E-state index contributed by atoms with van der Waals surface area (Å²) in [5.74, 6) is 0.764. The summed E-state index contributed by atoms with van der Waals surface area (Å²) in [4.78, 5) is 4.31. The van der Waals surface area contributed by atoms with Crippen molar-refractivity contribution in [3.8, 4) is 0 Å². The third-order valence-electron chi connectivity index (χ3n) is 6.67. The number of fused-ring (bicyclic) bond motifs is 1. The van der Waals surface area contributed by atoms with Crippen molar-refractivity contribution in [3.05, 3.63) is 41.5 Å². The maximum atomic E-state index is 11.1. The molecule has 4 heteroatoms. The number of aliphatic hydroxyl groups excluding tert-OH is 2. The summed E-state index contributed by atoms with van der Waals surface area (Å²) in [7, 11) is 8.29. The summed E-state index contributed by atoms with van der Waals surface area (Å²) in [5.41, 5.74) is 3.60. The number of unbranched alkanes of at least 4 members (excludes halogenated alkanes) is 2. The molecule has 1 aromatic carbocycles. The molecule has 0 heterocycles. The van der Waals surface area contributed by atoms with E-state index in [1.54, 1.807) is 5.57 Å². The second kappa shape index (κ2) is 9.43. The van der Waals surface area contributed by atoms with Crippen LogP contribution >= 0.6 is 0 Å². The average molecular weight is 387 g/mol. The molecule has 1 saturated carbocycles. The molecule has 156 valence electrons. The number of hydrogen-bond donors (Lipinski definition) is 2. The fourth-order valence-electron chi connectivity index (χ4n) is 5.11. The van der Waals surface area contributed by atoms with Crippen molar-refractivity contribution in [2.24, 2.45) is 17.8 Å². The second-order valence-electron chi connectivity index (χ2n) is 9.28. The summed E-state index contributed by atoms with van der Waals surface area (Å²) < 4.78 is 0. The lowest BCUT2D eigenvalue weighted by molar-refractivity contribution is 0.0109. The van der Waals surface area contributed by atoms with E-state index in [1.165, 1.54) is 25.7 Å². The van der Waals surface area contributed by atoms with Crippen molar-refractivity contribution in [2.45, 2.75) is 50.7 Å². The van der Waals surface area contributed by atoms with Gasteiger partial charge in [0.1, 0.15) is 0 Å². The van der Waals surface area contributed by atoms with E-state index in [2.05, 4.69) is 30.0 Å². The van der Waals surface area contributed by atoms with Crippen molar-refractivity contribution in [1.29, 1.82) is 0 Å². The van der Waals surface area contributed by atoms with Gasteiger partial charge < -0.3 is 20.0 Å². The van der Waals surface area contributed by atoms with Crippen LogP contribution in [-0.4, -0.2) is 56.0 Å². The molecule has 0 unspecified atom stereocenters. The van der Waals surface area contributed by atoms with Gasteiger partial charge in [-0.25, -0.2) is 0 Å². The minimum atomic E-state index is -0.589. The first-order valence-corrected chi connectivity index (χ1v) is 10.8. The van der Waals surface area contributed by atoms with Gasteiger partial charge in [0.05, 0.1) is 12.2 Å². The Kier molecular flexibility index (Phi) is 7.19. The van der Waals surface area contributed by atoms with E-state index in [0.717, 1.165) is 30.6 Å². The van der Waals surface area contributed by atoms with Gasteiger partial charge in [0.15, 0.2) is 0 Å². The lowest BCUT2D eigenvalue weighted by Crippen LogP contribution is -2.26. The molecule has 0 radical (unpaired) electrons. The molecule has 2 aliphatic carbocycles. The predicted octanol–water partition coefficient (Wildman–Crippen LogP) is 3.85. The van der Waals surface area contributed by atoms with Gasteiger partial charge in [0.2, 0.25) is 0 Å². The number of rotatable bonds is 9. The minimum absolute atomic E-state index is 0.0577. The lowest BCUT2D eigenvalue weighted by atomic mass is 9.82. The second-order valence-corrected chi connectivity index (χ2v) is 9.28. The Morgan fingerprint density at radius 3 is 2.39 bits per heavy atom. The van der Waals surface area contributed by atoms with Gasteiger partial charge in [-0.1, -0.05) is 30.2 Å². The van der Waals surface area contributed by atoms with Crippen LogP contribution in [0.2, 0.25) is 0 Å². The van der Waals surface area contributed by atoms with Crippen molar-refractivity contribution >= 4 is 5.69 Å². The van der Waals surface area contributed by atoms with Crippen molar-refractivity contribution in [2.75, 3.05) is 39.6 Å². The van der Waals surface area contributed by atoms with Gasteiger partial charge in [-0.2, -0.15) is 0 Å². The summed E-state index contributed by atoms with van der Waals surface area (Å²) >= 11 is 0. The van der Waals surface area contributed by atoms with Gasteiger partial charge >= 0.3 is 0 Å². The summed E-state index contributed by atoms with van der Waals surface area (Å²) in [5, 5.41) is 21.7. The molecular formula is C24H38N2O2. The Bertz CT molecular complexity index is 653. The molecule has 1 aromatic rings. The zero-order valence-electron chi connectivity index (χ0n) is 18.0. The monoisotopic (exact) mass is 386 g/mol. The number of aliphatic hydroxyl groups is 2. The van der Waals surface area contributed by atoms with E-state index in [-0.39, 0.29) is 5.92 Å². The molecule has 0 spiro atoms. The highest BCUT2D eigenvalue weighted by Crippen LogP contribution is 2.51. The molecule has 0 aliphatic heterocycles. The fraction of sp³-hybridized carbons (Fsp3) is 0.667. The smallest absolute Gasteiger partial charge is 0.0845 e. The van der Waals surface area contributed by atoms with Crippen LogP contribution in [0.25, 0.3) is 0 Å². The Morgan fingerprint density at radius 2 is 1.75 bits per heavy atom. The number of anilines is 1. The zero-order chi connectivity index (χ0) is 20.3. The Labute approximate surface area is 170 Å². The van der Waals surface area contributed by atoms with Crippen LogP contribution < -0.4 is 4.90 Å². The highest BCUT2D eigenvalue weighted by Gasteiger charge is 2.47. The topological polar surface area (TPSA) is 46.9 Å². The van der Waals surface area contributed by atoms with Crippen molar-refractivity contribution < 1.29 is 10.2 Å². The van der Waals surface area contributed by atoms with Gasteiger partial charge in [-0.15, -0.1) is 0 Å². The largest absolute Gasteiger partial charge is 0.393 e. The van der Waals surface area contributed by atoms with Crippen LogP contribution in [-0.2, 0) is 0 Å². The van der Waals surface area contributed by atoms with E-state index >= 15 is 0 Å². The molecule has 3 rings (SSSR count). The molecule has 2 N–H and O–H groups in total. The maximum absolute atomic E-state index is 11.1. The van der Waals surface area contributed by atoms with Crippen LogP contribution in [0.4, 0.5) is 5.69 Å². The molecule has 1 fully saturated rings. The maximum Gasteiger partial charge on any atom is 0.0845 e. The van der Waals surface area contributed by atoms with E-state index in [9.17, 15) is 10.2 Å². The summed E-state index contributed by atoms with van der Waals surface area (Å²) in [6.45, 7) is 1.16. The molecule has 2 aliphatic rings. The first kappa shape index (κ1) is 21.4. The van der Waals surface area contributed by atoms with Gasteiger partial charge in [-0.3, -0.25) is 0 Å². The zero-order valence-corrected chi connectivity index (χ0v) is 18.0. The predicted molar refractivity (Wildman–Crippen MR) is 117 cm³/mol. The van der Waals surface area contributed by atoms with E-state index in [4.69, 9.17) is 0 Å². The number of nitrogens with zero attached hydrogens (tertiary/aromatic N) is 2. The van der Waals surface area contributed by atoms with Crippen LogP contribution in [0, 0.1) is 17.8 Å². The molecular weight excluding hydrogens is 348 g/mol. The third-order valence-corrected chi connectivity index (χ3v) is 6.67. The van der Waals surface area contributed by atoms with Crippen LogP contribution in [0.15, 0.2) is 35.9 Å². The first-order valence-electron chi connectivity index (χ1n) is 10.8. The van der Waals surface area contributed by atoms with Crippen LogP contribution in [0.1, 0.15) is 50.2 Å². The minimum Gasteiger partial charge on any atom is -0.393 e. The third kappa shape index (κ3) is 4.97. The Hall–Kier alpha value is -1.36. The molecule has 28 heavy (non-hydrogen) atoms. The lowest BCUT2D eigenvalue weighted by Gasteiger charge is -2.28. The normalized spacial score (nSPS) is 27.8. The van der Waals surface area contributed by atoms with Gasteiger partial charge in [-0.05, 0) is 82.3 Å². The molecule has 5 atom stereocenters. The molecule has 4 nitrogen and oxygen atoms in total. The van der Waals surface area contributed by atoms with E-state index in [1.807, 2.05) is 38.4 Å². The van der Waals surface area contributed by atoms with E-state index < -0.39 is 12.2 Å². The van der Waals surface area contributed by atoms with Gasteiger partial charge in [0, 0.05) is 25.7 Å². The fourth-order valence-corrected chi connectivity index (χ4v) is 5.11. The standard InChI is InChI=1S/C24H38N2O2/c1-25(2)13-7-5-6-8-17-14-19-16-22(27)23(21(19)15-17)24(28)18-9-11-20(12-10-18)26(3)4/h9-12,14,19,21-24,27-28H,5-8,13,15-16H2,1-4H3/t19-,21-,22+,23+,24+/m0/s1. The van der Waals surface area contributed by atoms with Gasteiger partial charge in [0.25, 0.3) is 0 Å². The summed E-state index contributed by atoms with van der Waals surface area (Å²) in [6.07, 6.45) is 8.23. The summed E-state index contributed by atoms with van der Waals surface area (Å²) in [6, 6.07) is 8.11. The molecule has 0 aromatic heterocycles. The number of hydrogen-bond acceptors (Lipinski definition) is 4. The Morgan fingerprint density at radius 1 is 1.04 bits per heavy atom. The average Bonchev–Trinajstić information content (AvgIpc) is 3.16. The van der Waals surface area contributed by atoms with Crippen molar-refractivity contribution in [1.82, 2.24) is 4.90 Å². The van der Waals surface area contributed by atoms with E-state index in [0.29, 0.717) is 11.8 Å².